The fourth-order valence-electron chi connectivity index (χ4n) is 3.00. The van der Waals surface area contributed by atoms with E-state index in [9.17, 15) is 4.79 Å². The van der Waals surface area contributed by atoms with Gasteiger partial charge in [0.05, 0.1) is 12.1 Å². The van der Waals surface area contributed by atoms with Gasteiger partial charge in [0.15, 0.2) is 0 Å². The van der Waals surface area contributed by atoms with Crippen LogP contribution in [0.4, 0.5) is 0 Å². The molecule has 1 saturated carbocycles. The van der Waals surface area contributed by atoms with Gasteiger partial charge in [0.1, 0.15) is 5.01 Å². The average molecular weight is 304 g/mol. The van der Waals surface area contributed by atoms with Crippen molar-refractivity contribution in [2.45, 2.75) is 50.7 Å². The molecule has 6 heteroatoms. The molecular formula is C15H20N4OS. The van der Waals surface area contributed by atoms with Crippen molar-refractivity contribution in [2.24, 2.45) is 0 Å². The Labute approximate surface area is 128 Å². The molecular weight excluding hydrogens is 284 g/mol. The predicted octanol–water partition coefficient (Wildman–Crippen LogP) is 2.53. The van der Waals surface area contributed by atoms with E-state index >= 15 is 0 Å². The van der Waals surface area contributed by atoms with Crippen molar-refractivity contribution >= 4 is 11.3 Å². The summed E-state index contributed by atoms with van der Waals surface area (Å²) in [5.74, 6) is 0. The third-order valence-corrected chi connectivity index (χ3v) is 5.05. The summed E-state index contributed by atoms with van der Waals surface area (Å²) in [4.78, 5) is 16.2. The first-order valence-electron chi connectivity index (χ1n) is 7.43. The predicted molar refractivity (Wildman–Crippen MR) is 83.5 cm³/mol. The summed E-state index contributed by atoms with van der Waals surface area (Å²) in [6.07, 6.45) is 7.68. The number of hydrogen-bond donors (Lipinski definition) is 1. The van der Waals surface area contributed by atoms with E-state index in [0.29, 0.717) is 12.1 Å². The summed E-state index contributed by atoms with van der Waals surface area (Å²) in [7, 11) is 0. The van der Waals surface area contributed by atoms with Gasteiger partial charge in [0.25, 0.3) is 5.56 Å². The van der Waals surface area contributed by atoms with Gasteiger partial charge >= 0.3 is 0 Å². The minimum atomic E-state index is 0.00469. The van der Waals surface area contributed by atoms with Crippen LogP contribution in [-0.4, -0.2) is 20.8 Å². The minimum Gasteiger partial charge on any atom is -0.305 e. The Hall–Kier alpha value is -1.53. The fraction of sp³-hybridized carbons (Fsp3) is 0.533. The molecule has 0 spiro atoms. The van der Waals surface area contributed by atoms with Gasteiger partial charge in [-0.05, 0) is 38.7 Å². The smallest absolute Gasteiger partial charge is 0.266 e. The number of thiazole rings is 1. The molecule has 0 amide bonds. The van der Waals surface area contributed by atoms with Gasteiger partial charge in [0.2, 0.25) is 0 Å². The zero-order valence-corrected chi connectivity index (χ0v) is 12.9. The molecule has 1 atom stereocenters. The Balaban J connectivity index is 1.56. The lowest BCUT2D eigenvalue weighted by atomic mass is 9.91. The van der Waals surface area contributed by atoms with Crippen LogP contribution in [0.1, 0.15) is 49.7 Å². The summed E-state index contributed by atoms with van der Waals surface area (Å²) in [5, 5.41) is 11.0. The molecule has 0 saturated heterocycles. The zero-order chi connectivity index (χ0) is 14.7. The molecule has 1 aliphatic carbocycles. The minimum absolute atomic E-state index is 0.00469. The van der Waals surface area contributed by atoms with E-state index in [1.54, 1.807) is 34.3 Å². The molecule has 21 heavy (non-hydrogen) atoms. The number of nitrogens with zero attached hydrogens (tertiary/aromatic N) is 3. The van der Waals surface area contributed by atoms with Crippen LogP contribution in [0.25, 0.3) is 0 Å². The van der Waals surface area contributed by atoms with Gasteiger partial charge in [-0.3, -0.25) is 4.79 Å². The lowest BCUT2D eigenvalue weighted by Gasteiger charge is -2.31. The molecule has 3 rings (SSSR count). The van der Waals surface area contributed by atoms with E-state index in [2.05, 4.69) is 22.3 Å². The molecule has 0 bridgehead atoms. The second kappa shape index (κ2) is 6.49. The van der Waals surface area contributed by atoms with E-state index in [1.807, 2.05) is 11.6 Å². The molecule has 1 unspecified atom stereocenters. The second-order valence-electron chi connectivity index (χ2n) is 5.57. The highest BCUT2D eigenvalue weighted by Gasteiger charge is 2.24. The van der Waals surface area contributed by atoms with E-state index < -0.39 is 0 Å². The zero-order valence-electron chi connectivity index (χ0n) is 12.1. The summed E-state index contributed by atoms with van der Waals surface area (Å²) < 4.78 is 1.64. The van der Waals surface area contributed by atoms with Crippen molar-refractivity contribution in [3.63, 3.8) is 0 Å². The maximum absolute atomic E-state index is 11.8. The highest BCUT2D eigenvalue weighted by molar-refractivity contribution is 7.09. The SMILES string of the molecule is CC(NC1CCC(n2ncccc2=O)CC1)c1nccs1. The van der Waals surface area contributed by atoms with Crippen LogP contribution in [0.2, 0.25) is 0 Å². The van der Waals surface area contributed by atoms with Gasteiger partial charge < -0.3 is 5.32 Å². The van der Waals surface area contributed by atoms with Crippen LogP contribution in [0, 0.1) is 0 Å². The molecule has 1 aliphatic rings. The lowest BCUT2D eigenvalue weighted by molar-refractivity contribution is 0.259. The quantitative estimate of drug-likeness (QED) is 0.943. The highest BCUT2D eigenvalue weighted by atomic mass is 32.1. The molecule has 0 aliphatic heterocycles. The normalized spacial score (nSPS) is 23.9. The van der Waals surface area contributed by atoms with Crippen LogP contribution < -0.4 is 10.9 Å². The van der Waals surface area contributed by atoms with E-state index in [0.717, 1.165) is 30.7 Å². The molecule has 0 aromatic carbocycles. The van der Waals surface area contributed by atoms with Crippen molar-refractivity contribution in [3.8, 4) is 0 Å². The molecule has 112 valence electrons. The second-order valence-corrected chi connectivity index (χ2v) is 6.50. The average Bonchev–Trinajstić information content (AvgIpc) is 3.03. The summed E-state index contributed by atoms with van der Waals surface area (Å²) in [6.45, 7) is 2.16. The monoisotopic (exact) mass is 304 g/mol. The molecule has 2 aromatic rings. The number of rotatable bonds is 4. The van der Waals surface area contributed by atoms with E-state index in [1.165, 1.54) is 0 Å². The Morgan fingerprint density at radius 2 is 2.14 bits per heavy atom. The van der Waals surface area contributed by atoms with Gasteiger partial charge in [-0.15, -0.1) is 11.3 Å². The standard InChI is InChI=1S/C15H20N4OS/c1-11(15-16-9-10-21-15)18-12-4-6-13(7-5-12)19-14(20)3-2-8-17-19/h2-3,8-13,18H,4-7H2,1H3. The Kier molecular flexibility index (Phi) is 4.45. The molecule has 2 heterocycles. The summed E-state index contributed by atoms with van der Waals surface area (Å²) in [6, 6.07) is 4.32. The number of aromatic nitrogens is 3. The fourth-order valence-corrected chi connectivity index (χ4v) is 3.66. The topological polar surface area (TPSA) is 59.8 Å². The number of nitrogens with one attached hydrogen (secondary N) is 1. The molecule has 1 N–H and O–H groups in total. The maximum atomic E-state index is 11.8. The summed E-state index contributed by atoms with van der Waals surface area (Å²) >= 11 is 1.69. The van der Waals surface area contributed by atoms with Gasteiger partial charge in [-0.2, -0.15) is 5.10 Å². The first kappa shape index (κ1) is 14.4. The molecule has 0 radical (unpaired) electrons. The highest BCUT2D eigenvalue weighted by Crippen LogP contribution is 2.28. The van der Waals surface area contributed by atoms with Crippen LogP contribution in [-0.2, 0) is 0 Å². The maximum Gasteiger partial charge on any atom is 0.266 e. The van der Waals surface area contributed by atoms with Gasteiger partial charge in [-0.25, -0.2) is 9.67 Å². The summed E-state index contributed by atoms with van der Waals surface area (Å²) in [5.41, 5.74) is 0.00469. The lowest BCUT2D eigenvalue weighted by Crippen LogP contribution is -2.37. The van der Waals surface area contributed by atoms with Crippen LogP contribution in [0.15, 0.2) is 34.7 Å². The van der Waals surface area contributed by atoms with Crippen molar-refractivity contribution in [2.75, 3.05) is 0 Å². The van der Waals surface area contributed by atoms with Crippen LogP contribution in [0.3, 0.4) is 0 Å². The van der Waals surface area contributed by atoms with Crippen LogP contribution >= 0.6 is 11.3 Å². The first-order valence-corrected chi connectivity index (χ1v) is 8.31. The Morgan fingerprint density at radius 1 is 1.33 bits per heavy atom. The Bertz CT molecular complexity index is 617. The Morgan fingerprint density at radius 3 is 2.81 bits per heavy atom. The van der Waals surface area contributed by atoms with Crippen molar-refractivity contribution in [1.82, 2.24) is 20.1 Å². The first-order chi connectivity index (χ1) is 10.2. The third kappa shape index (κ3) is 3.39. The van der Waals surface area contributed by atoms with E-state index in [-0.39, 0.29) is 11.6 Å². The third-order valence-electron chi connectivity index (χ3n) is 4.09. The van der Waals surface area contributed by atoms with Crippen molar-refractivity contribution in [3.05, 3.63) is 45.3 Å². The molecule has 5 nitrogen and oxygen atoms in total. The van der Waals surface area contributed by atoms with E-state index in [4.69, 9.17) is 0 Å². The van der Waals surface area contributed by atoms with Crippen LogP contribution in [0.5, 0.6) is 0 Å². The molecule has 1 fully saturated rings. The van der Waals surface area contributed by atoms with Gasteiger partial charge in [-0.1, -0.05) is 0 Å². The number of hydrogen-bond acceptors (Lipinski definition) is 5. The largest absolute Gasteiger partial charge is 0.305 e. The van der Waals surface area contributed by atoms with Gasteiger partial charge in [0, 0.05) is 29.9 Å². The van der Waals surface area contributed by atoms with Crippen molar-refractivity contribution in [1.29, 1.82) is 0 Å². The van der Waals surface area contributed by atoms with Crippen molar-refractivity contribution < 1.29 is 0 Å². The molecule has 2 aromatic heterocycles.